The number of hydrogen-bond acceptors (Lipinski definition) is 5. The van der Waals surface area contributed by atoms with Crippen LogP contribution in [0, 0.1) is 0 Å². The van der Waals surface area contributed by atoms with Crippen molar-refractivity contribution in [3.05, 3.63) is 23.9 Å². The molecule has 7 nitrogen and oxygen atoms in total. The Kier molecular flexibility index (Phi) is 6.76. The van der Waals surface area contributed by atoms with Gasteiger partial charge in [-0.05, 0) is 19.1 Å². The van der Waals surface area contributed by atoms with Gasteiger partial charge in [0.25, 0.3) is 12.3 Å². The maximum atomic E-state index is 12.7. The van der Waals surface area contributed by atoms with Crippen LogP contribution in [-0.4, -0.2) is 53.7 Å². The second kappa shape index (κ2) is 7.88. The number of ether oxygens (including phenoxy) is 1. The van der Waals surface area contributed by atoms with E-state index in [4.69, 9.17) is 22.1 Å². The minimum absolute atomic E-state index is 0.265. The summed E-state index contributed by atoms with van der Waals surface area (Å²) in [5.74, 6) is -1.44. The van der Waals surface area contributed by atoms with Crippen LogP contribution in [0.1, 0.15) is 17.3 Å². The molecule has 1 aromatic rings. The first-order chi connectivity index (χ1) is 11.7. The molecule has 0 spiro atoms. The maximum absolute atomic E-state index is 12.7. The van der Waals surface area contributed by atoms with E-state index in [1.54, 1.807) is 0 Å². The van der Waals surface area contributed by atoms with E-state index in [9.17, 15) is 35.2 Å². The summed E-state index contributed by atoms with van der Waals surface area (Å²) in [6.07, 6.45) is -2.29. The fourth-order valence-corrected chi connectivity index (χ4v) is 3.26. The lowest BCUT2D eigenvalue weighted by molar-refractivity contribution is -0.0530. The molecule has 0 aromatic carbocycles. The number of primary amides is 1. The predicted octanol–water partition coefficient (Wildman–Crippen LogP) is 1.93. The molecule has 1 amide bonds. The summed E-state index contributed by atoms with van der Waals surface area (Å²) in [7, 11) is -6.19. The highest BCUT2D eigenvalue weighted by molar-refractivity contribution is 7.90. The number of carbonyl (C=O) groups is 1. The summed E-state index contributed by atoms with van der Waals surface area (Å²) in [5.41, 5.74) is -1.06. The van der Waals surface area contributed by atoms with E-state index in [1.807, 2.05) is 0 Å². The Labute approximate surface area is 149 Å². The highest BCUT2D eigenvalue weighted by atomic mass is 35.5. The molecule has 1 rings (SSSR count). The van der Waals surface area contributed by atoms with Gasteiger partial charge in [0.15, 0.2) is 0 Å². The summed E-state index contributed by atoms with van der Waals surface area (Å²) in [4.78, 5) is 12.3. The van der Waals surface area contributed by atoms with Gasteiger partial charge in [0.2, 0.25) is 5.88 Å². The predicted molar refractivity (Wildman–Crippen MR) is 80.2 cm³/mol. The summed E-state index contributed by atoms with van der Waals surface area (Å²) in [6.45, 7) is -2.13. The van der Waals surface area contributed by atoms with Crippen molar-refractivity contribution in [3.63, 3.8) is 0 Å². The Morgan fingerprint density at radius 1 is 1.42 bits per heavy atom. The zero-order chi connectivity index (χ0) is 20.3. The summed E-state index contributed by atoms with van der Waals surface area (Å²) >= 11 is 5.76. The molecule has 0 aliphatic heterocycles. The number of nitrogens with zero attached hydrogens (tertiary/aromatic N) is 2. The number of hydrogen-bond donors (Lipinski definition) is 1. The van der Waals surface area contributed by atoms with Crippen LogP contribution < -0.4 is 10.5 Å². The zero-order valence-electron chi connectivity index (χ0n) is 13.0. The summed E-state index contributed by atoms with van der Waals surface area (Å²) in [5, 5.41) is 0. The Morgan fingerprint density at radius 2 is 2.00 bits per heavy atom. The molecule has 0 aliphatic carbocycles. The van der Waals surface area contributed by atoms with Crippen LogP contribution in [0.3, 0.4) is 0 Å². The smallest absolute Gasteiger partial charge is 0.474 e. The molecule has 1 heterocycles. The van der Waals surface area contributed by atoms with Crippen LogP contribution in [-0.2, 0) is 10.0 Å². The lowest BCUT2D eigenvalue weighted by Crippen LogP contribution is -2.55. The van der Waals surface area contributed by atoms with E-state index >= 15 is 0 Å². The maximum Gasteiger partial charge on any atom is 0.511 e. The van der Waals surface area contributed by atoms with Gasteiger partial charge < -0.3 is 10.5 Å². The average Bonchev–Trinajstić information content (AvgIpc) is 2.49. The van der Waals surface area contributed by atoms with Crippen molar-refractivity contribution in [1.82, 2.24) is 9.29 Å². The van der Waals surface area contributed by atoms with Gasteiger partial charge in [-0.15, -0.1) is 0 Å². The number of alkyl halides is 6. The SMILES string of the molecule is C[C@](Cl)(COc1ncccc1C(N)=O)N(CC(F)F)S(=O)(=O)C(F)(F)F. The summed E-state index contributed by atoms with van der Waals surface area (Å²) in [6, 6.07) is 2.49. The third kappa shape index (κ3) is 5.14. The average molecular weight is 426 g/mol. The van der Waals surface area contributed by atoms with Crippen LogP contribution in [0.2, 0.25) is 0 Å². The standard InChI is InChI=1S/C12H13ClF5N3O4S/c1-11(13,6-25-10-7(9(19)22)3-2-4-20-10)21(5-8(14)15)26(23,24)12(16,17)18/h2-4,8H,5-6H2,1H3,(H2,19,22)/t11-/m1/s1. The zero-order valence-corrected chi connectivity index (χ0v) is 14.6. The van der Waals surface area contributed by atoms with Crippen molar-refractivity contribution in [2.75, 3.05) is 13.2 Å². The Bertz CT molecular complexity index is 757. The van der Waals surface area contributed by atoms with E-state index < -0.39 is 56.2 Å². The molecule has 0 radical (unpaired) electrons. The topological polar surface area (TPSA) is 103 Å². The van der Waals surface area contributed by atoms with Crippen molar-refractivity contribution in [1.29, 1.82) is 0 Å². The first-order valence-electron chi connectivity index (χ1n) is 6.64. The minimum Gasteiger partial charge on any atom is -0.474 e. The van der Waals surface area contributed by atoms with Gasteiger partial charge in [-0.1, -0.05) is 11.6 Å². The number of sulfonamides is 1. The minimum atomic E-state index is -6.19. The molecule has 148 valence electrons. The number of pyridine rings is 1. The fourth-order valence-electron chi connectivity index (χ4n) is 1.75. The third-order valence-corrected chi connectivity index (χ3v) is 5.05. The molecule has 0 unspecified atom stereocenters. The fraction of sp³-hybridized carbons (Fsp3) is 0.500. The molecule has 0 fully saturated rings. The van der Waals surface area contributed by atoms with Gasteiger partial charge >= 0.3 is 15.5 Å². The molecule has 0 bridgehead atoms. The van der Waals surface area contributed by atoms with Gasteiger partial charge in [0.1, 0.15) is 17.2 Å². The molecule has 1 aromatic heterocycles. The van der Waals surface area contributed by atoms with Gasteiger partial charge in [-0.25, -0.2) is 22.2 Å². The lowest BCUT2D eigenvalue weighted by atomic mass is 10.2. The van der Waals surface area contributed by atoms with Crippen molar-refractivity contribution < 1.29 is 39.9 Å². The molecular formula is C12H13ClF5N3O4S. The Balaban J connectivity index is 3.17. The number of carbonyl (C=O) groups excluding carboxylic acids is 1. The Morgan fingerprint density at radius 3 is 2.46 bits per heavy atom. The quantitative estimate of drug-likeness (QED) is 0.389. The molecule has 26 heavy (non-hydrogen) atoms. The van der Waals surface area contributed by atoms with Crippen LogP contribution in [0.4, 0.5) is 22.0 Å². The van der Waals surface area contributed by atoms with Crippen LogP contribution >= 0.6 is 11.6 Å². The normalized spacial score (nSPS) is 15.1. The molecule has 14 heteroatoms. The highest BCUT2D eigenvalue weighted by Gasteiger charge is 2.55. The highest BCUT2D eigenvalue weighted by Crippen LogP contribution is 2.35. The third-order valence-electron chi connectivity index (χ3n) is 2.92. The van der Waals surface area contributed by atoms with Crippen LogP contribution in [0.15, 0.2) is 18.3 Å². The monoisotopic (exact) mass is 425 g/mol. The number of rotatable bonds is 8. The number of aromatic nitrogens is 1. The van der Waals surface area contributed by atoms with Crippen LogP contribution in [0.25, 0.3) is 0 Å². The van der Waals surface area contributed by atoms with Crippen molar-refractivity contribution in [2.45, 2.75) is 23.9 Å². The summed E-state index contributed by atoms with van der Waals surface area (Å²) < 4.78 is 91.0. The first-order valence-corrected chi connectivity index (χ1v) is 8.45. The second-order valence-electron chi connectivity index (χ2n) is 5.02. The van der Waals surface area contributed by atoms with Gasteiger partial charge in [0, 0.05) is 6.20 Å². The van der Waals surface area contributed by atoms with E-state index in [1.165, 1.54) is 12.1 Å². The molecular weight excluding hydrogens is 413 g/mol. The molecule has 0 saturated carbocycles. The Hall–Kier alpha value is -1.73. The number of amides is 1. The number of halogens is 6. The molecule has 2 N–H and O–H groups in total. The molecule has 0 aliphatic rings. The van der Waals surface area contributed by atoms with Crippen molar-refractivity contribution >= 4 is 27.5 Å². The van der Waals surface area contributed by atoms with Crippen molar-refractivity contribution in [2.24, 2.45) is 5.73 Å². The number of nitrogens with two attached hydrogens (primary N) is 1. The molecule has 1 atom stereocenters. The van der Waals surface area contributed by atoms with E-state index in [2.05, 4.69) is 4.98 Å². The first kappa shape index (κ1) is 22.3. The second-order valence-corrected chi connectivity index (χ2v) is 7.69. The lowest BCUT2D eigenvalue weighted by Gasteiger charge is -2.35. The van der Waals surface area contributed by atoms with Crippen molar-refractivity contribution in [3.8, 4) is 5.88 Å². The van der Waals surface area contributed by atoms with Gasteiger partial charge in [0.05, 0.1) is 6.54 Å². The van der Waals surface area contributed by atoms with Gasteiger partial charge in [-0.2, -0.15) is 17.5 Å². The van der Waals surface area contributed by atoms with E-state index in [-0.39, 0.29) is 5.56 Å². The van der Waals surface area contributed by atoms with E-state index in [0.717, 1.165) is 13.1 Å². The van der Waals surface area contributed by atoms with Gasteiger partial charge in [-0.3, -0.25) is 4.79 Å². The van der Waals surface area contributed by atoms with E-state index in [0.29, 0.717) is 0 Å². The molecule has 0 saturated heterocycles. The largest absolute Gasteiger partial charge is 0.511 e. The van der Waals surface area contributed by atoms with Crippen LogP contribution in [0.5, 0.6) is 5.88 Å².